The van der Waals surface area contributed by atoms with Crippen LogP contribution in [0.1, 0.15) is 0 Å². The van der Waals surface area contributed by atoms with Crippen molar-refractivity contribution in [1.82, 2.24) is 5.32 Å². The van der Waals surface area contributed by atoms with Gasteiger partial charge < -0.3 is 20.9 Å². The van der Waals surface area contributed by atoms with Crippen LogP contribution in [0.2, 0.25) is 0 Å². The number of carboxylic acid groups (broad SMARTS) is 1. The zero-order chi connectivity index (χ0) is 12.4. The number of aliphatic carboxylic acids is 1. The van der Waals surface area contributed by atoms with E-state index in [1.807, 2.05) is 0 Å². The smallest absolute Gasteiger partial charge is 0.407 e. The minimum Gasteiger partial charge on any atom is -0.480 e. The number of hydrogen-bond donors (Lipinski definition) is 3. The van der Waals surface area contributed by atoms with Crippen LogP contribution in [-0.2, 0) is 9.53 Å². The van der Waals surface area contributed by atoms with Gasteiger partial charge >= 0.3 is 12.1 Å². The van der Waals surface area contributed by atoms with Crippen molar-refractivity contribution in [3.8, 4) is 0 Å². The minimum atomic E-state index is -1.03. The molecule has 0 aliphatic heterocycles. The summed E-state index contributed by atoms with van der Waals surface area (Å²) in [4.78, 5) is 21.2. The van der Waals surface area contributed by atoms with Crippen molar-refractivity contribution in [2.24, 2.45) is 5.73 Å². The molecule has 0 saturated heterocycles. The monoisotopic (exact) mass is 248 g/mol. The average Bonchev–Trinajstić information content (AvgIpc) is 2.25. The van der Waals surface area contributed by atoms with E-state index in [-0.39, 0.29) is 6.61 Å². The molecule has 92 valence electrons. The largest absolute Gasteiger partial charge is 0.480 e. The zero-order valence-electron chi connectivity index (χ0n) is 8.85. The van der Waals surface area contributed by atoms with Crippen molar-refractivity contribution in [2.45, 2.75) is 6.04 Å². The van der Waals surface area contributed by atoms with Crippen LogP contribution >= 0.6 is 11.8 Å². The Balaban J connectivity index is 3.36. The van der Waals surface area contributed by atoms with Gasteiger partial charge in [0.05, 0.1) is 0 Å². The van der Waals surface area contributed by atoms with Gasteiger partial charge in [-0.15, -0.1) is 6.58 Å². The molecule has 0 unspecified atom stereocenters. The second-order valence-corrected chi connectivity index (χ2v) is 3.97. The fourth-order valence-corrected chi connectivity index (χ4v) is 1.45. The number of ether oxygens (including phenoxy) is 1. The fraction of sp³-hybridized carbons (Fsp3) is 0.556. The Kier molecular flexibility index (Phi) is 8.36. The standard InChI is InChI=1S/C9H16N2O4S/c1-2-3-11-9(14)15-4-5-16-6-7(10)8(12)13/h2,7H,1,3-6,10H2,(H,11,14)(H,12,13)/t7-/m1/s1. The minimum absolute atomic E-state index is 0.222. The summed E-state index contributed by atoms with van der Waals surface area (Å²) < 4.78 is 4.78. The Bertz CT molecular complexity index is 248. The number of hydrogen-bond acceptors (Lipinski definition) is 5. The molecule has 0 radical (unpaired) electrons. The Morgan fingerprint density at radius 1 is 1.62 bits per heavy atom. The van der Waals surface area contributed by atoms with Crippen LogP contribution in [0.5, 0.6) is 0 Å². The molecule has 0 saturated carbocycles. The molecule has 4 N–H and O–H groups in total. The summed E-state index contributed by atoms with van der Waals surface area (Å²) in [5.41, 5.74) is 5.27. The molecule has 0 fully saturated rings. The van der Waals surface area contributed by atoms with E-state index in [0.29, 0.717) is 18.1 Å². The molecule has 0 aromatic heterocycles. The Hall–Kier alpha value is -1.21. The van der Waals surface area contributed by atoms with E-state index in [9.17, 15) is 9.59 Å². The molecule has 0 spiro atoms. The molecule has 0 rings (SSSR count). The lowest BCUT2D eigenvalue weighted by atomic mass is 10.4. The number of carbonyl (C=O) groups excluding carboxylic acids is 1. The molecule has 1 amide bonds. The van der Waals surface area contributed by atoms with Gasteiger partial charge in [-0.05, 0) is 0 Å². The third-order valence-corrected chi connectivity index (χ3v) is 2.52. The van der Waals surface area contributed by atoms with E-state index in [4.69, 9.17) is 15.6 Å². The number of thioether (sulfide) groups is 1. The van der Waals surface area contributed by atoms with Gasteiger partial charge in [-0.1, -0.05) is 6.08 Å². The topological polar surface area (TPSA) is 102 Å². The molecule has 1 atom stereocenters. The van der Waals surface area contributed by atoms with Crippen LogP contribution in [0.3, 0.4) is 0 Å². The van der Waals surface area contributed by atoms with Gasteiger partial charge in [0.1, 0.15) is 12.6 Å². The van der Waals surface area contributed by atoms with Crippen LogP contribution < -0.4 is 11.1 Å². The molecular weight excluding hydrogens is 232 g/mol. The number of alkyl carbamates (subject to hydrolysis) is 1. The van der Waals surface area contributed by atoms with Crippen molar-refractivity contribution in [3.63, 3.8) is 0 Å². The van der Waals surface area contributed by atoms with E-state index < -0.39 is 18.1 Å². The predicted octanol–water partition coefficient (Wildman–Crippen LogP) is 0.0437. The summed E-state index contributed by atoms with van der Waals surface area (Å²) >= 11 is 1.32. The lowest BCUT2D eigenvalue weighted by Gasteiger charge is -2.07. The maximum absolute atomic E-state index is 10.9. The van der Waals surface area contributed by atoms with Gasteiger partial charge in [-0.3, -0.25) is 4.79 Å². The maximum atomic E-state index is 10.9. The summed E-state index contributed by atoms with van der Waals surface area (Å²) in [6, 6.07) is -0.875. The quantitative estimate of drug-likeness (QED) is 0.414. The first-order chi connectivity index (χ1) is 7.57. The zero-order valence-corrected chi connectivity index (χ0v) is 9.66. The molecule has 0 aliphatic rings. The van der Waals surface area contributed by atoms with Gasteiger partial charge in [-0.25, -0.2) is 4.79 Å². The van der Waals surface area contributed by atoms with Crippen molar-refractivity contribution in [2.75, 3.05) is 24.7 Å². The van der Waals surface area contributed by atoms with Crippen molar-refractivity contribution < 1.29 is 19.4 Å². The summed E-state index contributed by atoms with van der Waals surface area (Å²) in [5.74, 6) is -0.215. The molecule has 0 bridgehead atoms. The van der Waals surface area contributed by atoms with Crippen molar-refractivity contribution in [3.05, 3.63) is 12.7 Å². The van der Waals surface area contributed by atoms with Crippen LogP contribution in [-0.4, -0.2) is 47.9 Å². The first-order valence-electron chi connectivity index (χ1n) is 4.65. The van der Waals surface area contributed by atoms with Gasteiger partial charge in [-0.2, -0.15) is 11.8 Å². The number of nitrogens with two attached hydrogens (primary N) is 1. The van der Waals surface area contributed by atoms with Crippen LogP contribution in [0, 0.1) is 0 Å². The summed E-state index contributed by atoms with van der Waals surface area (Å²) in [5, 5.41) is 10.9. The van der Waals surface area contributed by atoms with Gasteiger partial charge in [0.25, 0.3) is 0 Å². The highest BCUT2D eigenvalue weighted by molar-refractivity contribution is 7.99. The molecule has 0 aromatic rings. The second-order valence-electron chi connectivity index (χ2n) is 2.83. The summed E-state index contributed by atoms with van der Waals surface area (Å²) in [6.07, 6.45) is 1.03. The van der Waals surface area contributed by atoms with Crippen molar-refractivity contribution >= 4 is 23.8 Å². The van der Waals surface area contributed by atoms with E-state index in [1.165, 1.54) is 11.8 Å². The molecule has 0 aromatic carbocycles. The Morgan fingerprint density at radius 2 is 2.31 bits per heavy atom. The maximum Gasteiger partial charge on any atom is 0.407 e. The molecule has 0 aliphatic carbocycles. The number of carboxylic acids is 1. The number of amides is 1. The second kappa shape index (κ2) is 9.05. The molecule has 7 heteroatoms. The first kappa shape index (κ1) is 14.8. The highest BCUT2D eigenvalue weighted by Gasteiger charge is 2.10. The third kappa shape index (κ3) is 8.13. The van der Waals surface area contributed by atoms with E-state index >= 15 is 0 Å². The third-order valence-electron chi connectivity index (χ3n) is 1.47. The first-order valence-corrected chi connectivity index (χ1v) is 5.81. The van der Waals surface area contributed by atoms with Gasteiger partial charge in [0.15, 0.2) is 0 Å². The fourth-order valence-electron chi connectivity index (χ4n) is 0.681. The van der Waals surface area contributed by atoms with Crippen LogP contribution in [0.25, 0.3) is 0 Å². The van der Waals surface area contributed by atoms with E-state index in [2.05, 4.69) is 11.9 Å². The predicted molar refractivity (Wildman–Crippen MR) is 62.5 cm³/mol. The number of nitrogens with one attached hydrogen (secondary N) is 1. The lowest BCUT2D eigenvalue weighted by Crippen LogP contribution is -2.32. The normalized spacial score (nSPS) is 11.6. The molecule has 0 heterocycles. The summed E-state index contributed by atoms with van der Waals surface area (Å²) in [7, 11) is 0. The number of rotatable bonds is 8. The van der Waals surface area contributed by atoms with Gasteiger partial charge in [0, 0.05) is 18.1 Å². The highest BCUT2D eigenvalue weighted by Crippen LogP contribution is 2.01. The van der Waals surface area contributed by atoms with Crippen LogP contribution in [0.4, 0.5) is 4.79 Å². The summed E-state index contributed by atoms with van der Waals surface area (Å²) in [6.45, 7) is 4.01. The molecule has 16 heavy (non-hydrogen) atoms. The average molecular weight is 248 g/mol. The van der Waals surface area contributed by atoms with Crippen LogP contribution in [0.15, 0.2) is 12.7 Å². The Morgan fingerprint density at radius 3 is 2.88 bits per heavy atom. The molecule has 6 nitrogen and oxygen atoms in total. The molecular formula is C9H16N2O4S. The van der Waals surface area contributed by atoms with E-state index in [1.54, 1.807) is 6.08 Å². The lowest BCUT2D eigenvalue weighted by molar-refractivity contribution is -0.137. The SMILES string of the molecule is C=CCNC(=O)OCCSC[C@@H](N)C(=O)O. The highest BCUT2D eigenvalue weighted by atomic mass is 32.2. The van der Waals surface area contributed by atoms with E-state index in [0.717, 1.165) is 0 Å². The number of carbonyl (C=O) groups is 2. The van der Waals surface area contributed by atoms with Crippen molar-refractivity contribution in [1.29, 1.82) is 0 Å². The Labute approximate surface area is 98.2 Å². The van der Waals surface area contributed by atoms with Gasteiger partial charge in [0.2, 0.25) is 0 Å².